The fourth-order valence-corrected chi connectivity index (χ4v) is 11.3. The zero-order valence-corrected chi connectivity index (χ0v) is 46.9. The van der Waals surface area contributed by atoms with Crippen molar-refractivity contribution in [3.05, 3.63) is 166 Å². The zero-order chi connectivity index (χ0) is 58.6. The number of aromatic nitrogens is 6. The second-order valence-electron chi connectivity index (χ2n) is 20.6. The first-order chi connectivity index (χ1) is 39.3. The minimum absolute atomic E-state index is 0.0420. The summed E-state index contributed by atoms with van der Waals surface area (Å²) in [7, 11) is 6.85. The number of piperazine rings is 2. The van der Waals surface area contributed by atoms with Crippen LogP contribution in [0.25, 0.3) is 33.8 Å². The summed E-state index contributed by atoms with van der Waals surface area (Å²) in [5.74, 6) is 0.367. The van der Waals surface area contributed by atoms with Gasteiger partial charge in [-0.1, -0.05) is 60.7 Å². The molecule has 4 aromatic heterocycles. The van der Waals surface area contributed by atoms with Crippen molar-refractivity contribution in [1.82, 2.24) is 59.4 Å². The Morgan fingerprint density at radius 3 is 1.22 bits per heavy atom. The topological polar surface area (TPSA) is 150 Å². The van der Waals surface area contributed by atoms with Crippen LogP contribution in [-0.4, -0.2) is 153 Å². The standard InChI is InChI=1S/2C30H33F3N6O2/c2*1-19-18-37(25(17-34-3)21-8-6-5-7-9-21)14-15-38(19)29(40)24-16-35-39-27(30(31,32)33)20(2)26(36-28(24)39)22-10-12-23(41-4)13-11-22/h2*5-13,16,19,25,34H,14-15,17-18H2,1-4H3/t19-,25+;19-,25-/m11/s1. The number of hydrogen-bond donors (Lipinski definition) is 2. The molecule has 432 valence electrons. The minimum Gasteiger partial charge on any atom is -0.497 e. The number of methoxy groups -OCH3 is 2. The van der Waals surface area contributed by atoms with Crippen molar-refractivity contribution >= 4 is 23.1 Å². The van der Waals surface area contributed by atoms with Gasteiger partial charge in [-0.15, -0.1) is 0 Å². The highest BCUT2D eigenvalue weighted by molar-refractivity contribution is 6.01. The lowest BCUT2D eigenvalue weighted by atomic mass is 10.0. The van der Waals surface area contributed by atoms with E-state index in [1.807, 2.05) is 64.3 Å². The van der Waals surface area contributed by atoms with E-state index in [0.717, 1.165) is 22.1 Å². The Morgan fingerprint density at radius 1 is 0.561 bits per heavy atom. The van der Waals surface area contributed by atoms with E-state index in [9.17, 15) is 35.9 Å². The average Bonchev–Trinajstić information content (AvgIpc) is 4.23. The Bertz CT molecular complexity index is 3270. The number of carbonyl (C=O) groups is 2. The second-order valence-corrected chi connectivity index (χ2v) is 20.6. The molecule has 0 aliphatic carbocycles. The van der Waals surface area contributed by atoms with Crippen LogP contribution in [0, 0.1) is 13.8 Å². The number of ether oxygens (including phenoxy) is 2. The predicted molar refractivity (Wildman–Crippen MR) is 300 cm³/mol. The largest absolute Gasteiger partial charge is 0.497 e. The quantitative estimate of drug-likeness (QED) is 0.0999. The highest BCUT2D eigenvalue weighted by Crippen LogP contribution is 2.39. The van der Waals surface area contributed by atoms with Gasteiger partial charge < -0.3 is 29.9 Å². The summed E-state index contributed by atoms with van der Waals surface area (Å²) in [6.07, 6.45) is -7.02. The summed E-state index contributed by atoms with van der Waals surface area (Å²) in [6, 6.07) is 33.5. The van der Waals surface area contributed by atoms with Crippen LogP contribution in [0.3, 0.4) is 0 Å². The molecule has 0 unspecified atom stereocenters. The van der Waals surface area contributed by atoms with Gasteiger partial charge in [-0.25, -0.2) is 19.0 Å². The molecule has 0 radical (unpaired) electrons. The number of benzene rings is 4. The monoisotopic (exact) mass is 1130 g/mol. The van der Waals surface area contributed by atoms with E-state index in [1.165, 1.54) is 51.6 Å². The third-order valence-corrected chi connectivity index (χ3v) is 15.4. The van der Waals surface area contributed by atoms with E-state index in [0.29, 0.717) is 61.9 Å². The molecule has 4 atom stereocenters. The van der Waals surface area contributed by atoms with Gasteiger partial charge in [0.15, 0.2) is 22.7 Å². The fourth-order valence-electron chi connectivity index (χ4n) is 11.3. The van der Waals surface area contributed by atoms with Gasteiger partial charge >= 0.3 is 12.4 Å². The van der Waals surface area contributed by atoms with Gasteiger partial charge in [0.25, 0.3) is 11.8 Å². The maximum Gasteiger partial charge on any atom is 0.433 e. The Balaban J connectivity index is 0.000000198. The molecule has 82 heavy (non-hydrogen) atoms. The molecular weight excluding hydrogens is 1070 g/mol. The highest BCUT2D eigenvalue weighted by atomic mass is 19.4. The molecule has 0 spiro atoms. The van der Waals surface area contributed by atoms with Gasteiger partial charge in [0, 0.05) is 98.8 Å². The maximum absolute atomic E-state index is 14.3. The van der Waals surface area contributed by atoms with Crippen molar-refractivity contribution in [2.24, 2.45) is 0 Å². The lowest BCUT2D eigenvalue weighted by Gasteiger charge is -2.43. The zero-order valence-electron chi connectivity index (χ0n) is 46.9. The number of fused-ring (bicyclic) bond motifs is 2. The Morgan fingerprint density at radius 2 is 0.915 bits per heavy atom. The number of hydrogen-bond acceptors (Lipinski definition) is 12. The normalized spacial score (nSPS) is 17.1. The van der Waals surface area contributed by atoms with Crippen LogP contribution >= 0.6 is 0 Å². The van der Waals surface area contributed by atoms with Gasteiger partial charge in [-0.3, -0.25) is 19.4 Å². The van der Waals surface area contributed by atoms with Crippen molar-refractivity contribution in [2.75, 3.05) is 80.7 Å². The van der Waals surface area contributed by atoms with E-state index < -0.39 is 23.7 Å². The summed E-state index contributed by atoms with van der Waals surface area (Å²) in [4.78, 5) is 44.9. The summed E-state index contributed by atoms with van der Waals surface area (Å²) < 4.78 is 97.8. The lowest BCUT2D eigenvalue weighted by Crippen LogP contribution is -2.55. The molecule has 4 aromatic carbocycles. The van der Waals surface area contributed by atoms with Gasteiger partial charge in [-0.05, 0) is 101 Å². The molecule has 22 heteroatoms. The first-order valence-electron chi connectivity index (χ1n) is 27.0. The van der Waals surface area contributed by atoms with Crippen molar-refractivity contribution < 1.29 is 45.4 Å². The number of carbonyl (C=O) groups excluding carboxylic acids is 2. The summed E-state index contributed by atoms with van der Waals surface area (Å²) in [5.41, 5.74) is 1.39. The van der Waals surface area contributed by atoms with E-state index in [4.69, 9.17) is 9.47 Å². The molecule has 6 heterocycles. The van der Waals surface area contributed by atoms with Crippen molar-refractivity contribution in [3.63, 3.8) is 0 Å². The second kappa shape index (κ2) is 24.7. The van der Waals surface area contributed by atoms with Crippen LogP contribution in [0.1, 0.15) is 80.3 Å². The molecule has 2 saturated heterocycles. The molecule has 10 rings (SSSR count). The van der Waals surface area contributed by atoms with Crippen LogP contribution in [0.4, 0.5) is 26.3 Å². The maximum atomic E-state index is 14.3. The van der Waals surface area contributed by atoms with Crippen LogP contribution in [0.5, 0.6) is 11.5 Å². The highest BCUT2D eigenvalue weighted by Gasteiger charge is 2.42. The lowest BCUT2D eigenvalue weighted by molar-refractivity contribution is -0.144. The first kappa shape index (κ1) is 58.7. The van der Waals surface area contributed by atoms with Crippen molar-refractivity contribution in [3.8, 4) is 34.0 Å². The molecule has 2 aliphatic heterocycles. The van der Waals surface area contributed by atoms with E-state index in [-0.39, 0.29) is 80.9 Å². The SMILES string of the molecule is CNC[C@@H](c1ccccc1)N1CCN(C(=O)c2cnn3c(C(F)(F)F)c(C)c(-c4ccc(OC)cc4)nc23)[C@H](C)C1.CNC[C@H](c1ccccc1)N1CCN(C(=O)c2cnn3c(C(F)(F)F)c(C)c(-c4ccc(OC)cc4)nc23)[C@H](C)C1. The van der Waals surface area contributed by atoms with Gasteiger partial charge in [-0.2, -0.15) is 36.5 Å². The fraction of sp³-hybridized carbons (Fsp3) is 0.367. The van der Waals surface area contributed by atoms with E-state index >= 15 is 0 Å². The number of alkyl halides is 6. The summed E-state index contributed by atoms with van der Waals surface area (Å²) in [6.45, 7) is 11.5. The number of nitrogens with zero attached hydrogens (tertiary/aromatic N) is 10. The first-order valence-corrected chi connectivity index (χ1v) is 27.0. The molecule has 8 aromatic rings. The van der Waals surface area contributed by atoms with Gasteiger partial charge in [0.1, 0.15) is 22.6 Å². The molecule has 0 saturated carbocycles. The Labute approximate surface area is 471 Å². The molecule has 2 amide bonds. The van der Waals surface area contributed by atoms with Crippen molar-refractivity contribution in [1.29, 1.82) is 0 Å². The van der Waals surface area contributed by atoms with E-state index in [2.05, 4.69) is 64.9 Å². The van der Waals surface area contributed by atoms with Gasteiger partial charge in [0.05, 0.1) is 38.0 Å². The Hall–Kier alpha value is -7.92. The molecule has 2 fully saturated rings. The summed E-state index contributed by atoms with van der Waals surface area (Å²) in [5, 5.41) is 14.5. The van der Waals surface area contributed by atoms with E-state index in [1.54, 1.807) is 58.3 Å². The minimum atomic E-state index is -4.71. The van der Waals surface area contributed by atoms with Gasteiger partial charge in [0.2, 0.25) is 0 Å². The third kappa shape index (κ3) is 12.0. The van der Waals surface area contributed by atoms with Crippen LogP contribution in [0.15, 0.2) is 122 Å². The summed E-state index contributed by atoms with van der Waals surface area (Å²) >= 11 is 0. The molecule has 2 aliphatic rings. The average molecular weight is 1130 g/mol. The smallest absolute Gasteiger partial charge is 0.433 e. The molecule has 16 nitrogen and oxygen atoms in total. The molecule has 2 N–H and O–H groups in total. The van der Waals surface area contributed by atoms with Crippen LogP contribution < -0.4 is 20.1 Å². The number of nitrogens with one attached hydrogen (secondary N) is 2. The number of amides is 2. The number of likely N-dealkylation sites (N-methyl/N-ethyl adjacent to an activating group) is 2. The third-order valence-electron chi connectivity index (χ3n) is 15.4. The number of halogens is 6. The van der Waals surface area contributed by atoms with Crippen LogP contribution in [-0.2, 0) is 12.4 Å². The molecular formula is C60H66F6N12O4. The van der Waals surface area contributed by atoms with Crippen LogP contribution in [0.2, 0.25) is 0 Å². The van der Waals surface area contributed by atoms with Crippen molar-refractivity contribution in [2.45, 2.75) is 64.2 Å². The predicted octanol–water partition coefficient (Wildman–Crippen LogP) is 9.68. The number of rotatable bonds is 14. The Kier molecular flexibility index (Phi) is 17.7. The molecule has 0 bridgehead atoms.